The van der Waals surface area contributed by atoms with Crippen molar-refractivity contribution in [2.75, 3.05) is 6.26 Å². The van der Waals surface area contributed by atoms with E-state index in [0.29, 0.717) is 36.4 Å². The van der Waals surface area contributed by atoms with Gasteiger partial charge in [0.1, 0.15) is 30.2 Å². The highest BCUT2D eigenvalue weighted by atomic mass is 32.2. The lowest BCUT2D eigenvalue weighted by atomic mass is 9.79. The first-order valence-electron chi connectivity index (χ1n) is 10.2. The van der Waals surface area contributed by atoms with Crippen LogP contribution in [0.25, 0.3) is 11.1 Å². The molecule has 1 spiro atoms. The van der Waals surface area contributed by atoms with Gasteiger partial charge in [-0.25, -0.2) is 26.9 Å². The van der Waals surface area contributed by atoms with E-state index in [1.165, 1.54) is 17.0 Å². The van der Waals surface area contributed by atoms with E-state index in [1.807, 2.05) is 0 Å². The maximum absolute atomic E-state index is 14.9. The van der Waals surface area contributed by atoms with E-state index in [0.717, 1.165) is 12.3 Å². The third-order valence-electron chi connectivity index (χ3n) is 6.10. The van der Waals surface area contributed by atoms with Crippen LogP contribution in [0.4, 0.5) is 8.78 Å². The molecule has 1 fully saturated rings. The van der Waals surface area contributed by atoms with Crippen LogP contribution < -0.4 is 9.46 Å². The van der Waals surface area contributed by atoms with Gasteiger partial charge in [0.05, 0.1) is 17.2 Å². The van der Waals surface area contributed by atoms with Gasteiger partial charge >= 0.3 is 0 Å². The van der Waals surface area contributed by atoms with Crippen LogP contribution in [0.3, 0.4) is 0 Å². The molecule has 5 rings (SSSR count). The van der Waals surface area contributed by atoms with Crippen LogP contribution in [0, 0.1) is 11.6 Å². The van der Waals surface area contributed by atoms with E-state index in [2.05, 4.69) is 14.8 Å². The molecule has 8 nitrogen and oxygen atoms in total. The molecule has 0 amide bonds. The Bertz CT molecular complexity index is 1300. The van der Waals surface area contributed by atoms with Crippen LogP contribution in [0.5, 0.6) is 5.88 Å². The molecule has 0 radical (unpaired) electrons. The van der Waals surface area contributed by atoms with Crippen LogP contribution in [0.1, 0.15) is 36.4 Å². The molecule has 2 aliphatic rings. The molecule has 3 heterocycles. The highest BCUT2D eigenvalue weighted by Gasteiger charge is 2.46. The number of fused-ring (bicyclic) bond motifs is 7. The predicted molar refractivity (Wildman–Crippen MR) is 110 cm³/mol. The Kier molecular flexibility index (Phi) is 4.86. The molecular formula is C21H22F2N4O4S. The number of nitrogens with zero attached hydrogens (tertiary/aromatic N) is 3. The van der Waals surface area contributed by atoms with Crippen molar-refractivity contribution >= 4 is 10.0 Å². The van der Waals surface area contributed by atoms with Crippen LogP contribution in [-0.4, -0.2) is 35.5 Å². The number of hydrogen-bond acceptors (Lipinski definition) is 6. The summed E-state index contributed by atoms with van der Waals surface area (Å²) in [6.45, 7) is 0.0598. The zero-order chi connectivity index (χ0) is 22.7. The van der Waals surface area contributed by atoms with E-state index in [9.17, 15) is 17.2 Å². The van der Waals surface area contributed by atoms with Crippen LogP contribution in [-0.2, 0) is 35.5 Å². The summed E-state index contributed by atoms with van der Waals surface area (Å²) in [5.41, 5.74) is 0.658. The first kappa shape index (κ1) is 21.1. The first-order valence-corrected chi connectivity index (χ1v) is 12.1. The van der Waals surface area contributed by atoms with Gasteiger partial charge in [-0.05, 0) is 37.3 Å². The fraction of sp³-hybridized carbons (Fsp3) is 0.429. The van der Waals surface area contributed by atoms with Gasteiger partial charge in [-0.2, -0.15) is 0 Å². The van der Waals surface area contributed by atoms with Gasteiger partial charge in [0.25, 0.3) is 0 Å². The maximum atomic E-state index is 14.9. The minimum Gasteiger partial charge on any atom is -0.470 e. The monoisotopic (exact) mass is 464 g/mol. The van der Waals surface area contributed by atoms with Gasteiger partial charge in [-0.3, -0.25) is 4.68 Å². The standard InChI is InChI=1S/C21H22F2N4O4S/c1-27-9-16-15-5-12(17(22)6-18(15)23)7-21(4-3-13(8-21)26-32(2,28)29)20-24-14(11-31-20)10-30-19(16)25-27/h5-6,9,11,13,26H,3-4,7-8,10H2,1-2H3/t13-,21+/m0/s1. The van der Waals surface area contributed by atoms with Crippen LogP contribution >= 0.6 is 0 Å². The number of nitrogens with one attached hydrogen (secondary N) is 1. The van der Waals surface area contributed by atoms with Gasteiger partial charge in [-0.15, -0.1) is 5.10 Å². The van der Waals surface area contributed by atoms with Crippen molar-refractivity contribution in [1.82, 2.24) is 19.5 Å². The average Bonchev–Trinajstić information content (AvgIpc) is 3.40. The van der Waals surface area contributed by atoms with Crippen molar-refractivity contribution in [3.63, 3.8) is 0 Å². The second-order valence-electron chi connectivity index (χ2n) is 8.66. The second kappa shape index (κ2) is 7.38. The molecule has 11 heteroatoms. The van der Waals surface area contributed by atoms with Gasteiger partial charge in [0.15, 0.2) is 0 Å². The van der Waals surface area contributed by atoms with E-state index in [-0.39, 0.29) is 36.1 Å². The Morgan fingerprint density at radius 1 is 1.25 bits per heavy atom. The molecular weight excluding hydrogens is 442 g/mol. The predicted octanol–water partition coefficient (Wildman–Crippen LogP) is 2.83. The number of oxazole rings is 1. The first-order chi connectivity index (χ1) is 15.1. The number of aromatic nitrogens is 3. The molecule has 4 bridgehead atoms. The van der Waals surface area contributed by atoms with Gasteiger partial charge < -0.3 is 9.15 Å². The zero-order valence-electron chi connectivity index (χ0n) is 17.6. The molecule has 1 N–H and O–H groups in total. The summed E-state index contributed by atoms with van der Waals surface area (Å²) in [7, 11) is -1.72. The van der Waals surface area contributed by atoms with Crippen molar-refractivity contribution < 1.29 is 26.4 Å². The number of aryl methyl sites for hydroxylation is 1. The molecule has 1 aliphatic heterocycles. The van der Waals surface area contributed by atoms with E-state index in [1.54, 1.807) is 13.2 Å². The van der Waals surface area contributed by atoms with Crippen molar-refractivity contribution in [1.29, 1.82) is 0 Å². The minimum absolute atomic E-state index is 0.0598. The molecule has 170 valence electrons. The zero-order valence-corrected chi connectivity index (χ0v) is 18.4. The lowest BCUT2D eigenvalue weighted by Gasteiger charge is -2.27. The normalized spacial score (nSPS) is 22.8. The number of benzene rings is 1. The van der Waals surface area contributed by atoms with Crippen molar-refractivity contribution in [2.24, 2.45) is 7.05 Å². The van der Waals surface area contributed by atoms with Gasteiger partial charge in [0, 0.05) is 30.9 Å². The molecule has 2 aromatic heterocycles. The fourth-order valence-corrected chi connectivity index (χ4v) is 5.59. The Morgan fingerprint density at radius 2 is 2.06 bits per heavy atom. The summed E-state index contributed by atoms with van der Waals surface area (Å²) >= 11 is 0. The molecule has 1 saturated carbocycles. The fourth-order valence-electron chi connectivity index (χ4n) is 4.78. The maximum Gasteiger partial charge on any atom is 0.241 e. The minimum atomic E-state index is -3.41. The Hall–Kier alpha value is -2.79. The Balaban J connectivity index is 1.64. The molecule has 1 aromatic carbocycles. The smallest absolute Gasteiger partial charge is 0.241 e. The van der Waals surface area contributed by atoms with E-state index >= 15 is 0 Å². The molecule has 3 aromatic rings. The summed E-state index contributed by atoms with van der Waals surface area (Å²) in [6, 6.07) is 2.00. The highest BCUT2D eigenvalue weighted by Crippen LogP contribution is 2.45. The lowest BCUT2D eigenvalue weighted by molar-refractivity contribution is 0.286. The van der Waals surface area contributed by atoms with Gasteiger partial charge in [-0.1, -0.05) is 0 Å². The summed E-state index contributed by atoms with van der Waals surface area (Å²) in [5, 5.41) is 4.25. The Morgan fingerprint density at radius 3 is 2.84 bits per heavy atom. The van der Waals surface area contributed by atoms with Crippen LogP contribution in [0.2, 0.25) is 0 Å². The average molecular weight is 464 g/mol. The second-order valence-corrected chi connectivity index (χ2v) is 10.4. The van der Waals surface area contributed by atoms with Crippen molar-refractivity contribution in [2.45, 2.75) is 43.7 Å². The number of rotatable bonds is 2. The van der Waals surface area contributed by atoms with E-state index < -0.39 is 27.1 Å². The van der Waals surface area contributed by atoms with Gasteiger partial charge in [0.2, 0.25) is 21.8 Å². The number of halogens is 2. The summed E-state index contributed by atoms with van der Waals surface area (Å²) in [5.74, 6) is -0.794. The molecule has 0 unspecified atom stereocenters. The Labute approximate surface area is 183 Å². The highest BCUT2D eigenvalue weighted by molar-refractivity contribution is 7.88. The molecule has 1 aliphatic carbocycles. The molecule has 2 atom stereocenters. The molecule has 32 heavy (non-hydrogen) atoms. The number of ether oxygens (including phenoxy) is 1. The van der Waals surface area contributed by atoms with E-state index in [4.69, 9.17) is 9.15 Å². The lowest BCUT2D eigenvalue weighted by Crippen LogP contribution is -2.35. The largest absolute Gasteiger partial charge is 0.470 e. The van der Waals surface area contributed by atoms with Crippen molar-refractivity contribution in [3.05, 3.63) is 53.4 Å². The molecule has 0 saturated heterocycles. The third kappa shape index (κ3) is 3.79. The van der Waals surface area contributed by atoms with Crippen LogP contribution in [0.15, 0.2) is 29.0 Å². The SMILES string of the molecule is Cn1cc2c(n1)OCc1coc(n1)[C@]1(CC[C@H](NS(C)(=O)=O)C1)Cc1cc-2c(F)cc1F. The quantitative estimate of drug-likeness (QED) is 0.626. The topological polar surface area (TPSA) is 99.2 Å². The van der Waals surface area contributed by atoms with Crippen molar-refractivity contribution in [3.8, 4) is 17.0 Å². The summed E-state index contributed by atoms with van der Waals surface area (Å²) in [4.78, 5) is 4.58. The number of hydrogen-bond donors (Lipinski definition) is 1. The summed E-state index contributed by atoms with van der Waals surface area (Å²) < 4.78 is 69.0. The third-order valence-corrected chi connectivity index (χ3v) is 6.86. The summed E-state index contributed by atoms with van der Waals surface area (Å²) in [6.07, 6.45) is 5.84. The number of sulfonamides is 1.